The van der Waals surface area contributed by atoms with Crippen molar-refractivity contribution in [1.82, 2.24) is 4.31 Å². The smallest absolute Gasteiger partial charge is 0.307 e. The second-order valence-corrected chi connectivity index (χ2v) is 12.2. The van der Waals surface area contributed by atoms with Crippen LogP contribution >= 0.6 is 23.5 Å². The number of hydrogen-bond donors (Lipinski definition) is 1. The van der Waals surface area contributed by atoms with E-state index in [2.05, 4.69) is 37.0 Å². The van der Waals surface area contributed by atoms with Crippen molar-refractivity contribution in [3.05, 3.63) is 50.0 Å². The summed E-state index contributed by atoms with van der Waals surface area (Å²) in [7, 11) is 0. The molecule has 0 atom stereocenters. The summed E-state index contributed by atoms with van der Waals surface area (Å²) in [5, 5.41) is 11.2. The molecule has 1 N–H and O–H groups in total. The zero-order valence-electron chi connectivity index (χ0n) is 21.1. The highest BCUT2D eigenvalue weighted by atomic mass is 35.5. The Morgan fingerprint density at radius 2 is 1.83 bits per heavy atom. The molecule has 35 heavy (non-hydrogen) atoms. The van der Waals surface area contributed by atoms with Gasteiger partial charge in [0.15, 0.2) is 0 Å². The molecule has 0 saturated heterocycles. The molecule has 0 spiro atoms. The summed E-state index contributed by atoms with van der Waals surface area (Å²) in [5.74, 6) is 0.0189. The molecule has 2 aromatic rings. The van der Waals surface area contributed by atoms with Gasteiger partial charge in [0.25, 0.3) is 0 Å². The Bertz CT molecular complexity index is 1160. The predicted octanol–water partition coefficient (Wildman–Crippen LogP) is 7.22. The van der Waals surface area contributed by atoms with Crippen LogP contribution in [-0.2, 0) is 30.6 Å². The molecule has 0 unspecified atom stereocenters. The van der Waals surface area contributed by atoms with E-state index in [0.717, 1.165) is 65.6 Å². The van der Waals surface area contributed by atoms with E-state index in [4.69, 9.17) is 16.3 Å². The molecule has 6 heteroatoms. The van der Waals surface area contributed by atoms with Gasteiger partial charge >= 0.3 is 5.97 Å². The zero-order chi connectivity index (χ0) is 24.7. The number of halogens is 1. The second kappa shape index (κ2) is 10.4. The summed E-state index contributed by atoms with van der Waals surface area (Å²) < 4.78 is 8.48. The van der Waals surface area contributed by atoms with E-state index >= 15 is 0 Å². The zero-order valence-corrected chi connectivity index (χ0v) is 22.7. The van der Waals surface area contributed by atoms with Gasteiger partial charge in [-0.3, -0.25) is 4.79 Å². The first-order chi connectivity index (χ1) is 16.8. The molecular weight excluding hydrogens is 478 g/mol. The van der Waals surface area contributed by atoms with E-state index in [1.54, 1.807) is 0 Å². The van der Waals surface area contributed by atoms with E-state index in [-0.39, 0.29) is 6.42 Å². The standard InChI is InChI=1S/C29H36ClNO3S/c1-17-21-11-12-31(35-20-8-5-4-6-9-20)16-25(21)19(3)28(24(17)15-27(32)33)23-14-26(30)29-22(18(23)2)10-7-13-34-29/h14,20H,4-13,15-16H2,1-3H3,(H,32,33). The first-order valence-corrected chi connectivity index (χ1v) is 14.3. The summed E-state index contributed by atoms with van der Waals surface area (Å²) in [5.41, 5.74) is 10.5. The van der Waals surface area contributed by atoms with Gasteiger partial charge in [0.05, 0.1) is 18.1 Å². The van der Waals surface area contributed by atoms with Crippen LogP contribution in [0.3, 0.4) is 0 Å². The summed E-state index contributed by atoms with van der Waals surface area (Å²) >= 11 is 8.80. The van der Waals surface area contributed by atoms with Gasteiger partial charge in [0.1, 0.15) is 5.75 Å². The van der Waals surface area contributed by atoms with Crippen LogP contribution in [-0.4, -0.2) is 33.8 Å². The van der Waals surface area contributed by atoms with Crippen LogP contribution in [0.5, 0.6) is 5.75 Å². The molecule has 0 radical (unpaired) electrons. The normalized spacial score (nSPS) is 18.6. The van der Waals surface area contributed by atoms with Gasteiger partial charge in [-0.15, -0.1) is 0 Å². The van der Waals surface area contributed by atoms with E-state index in [9.17, 15) is 9.90 Å². The van der Waals surface area contributed by atoms with Gasteiger partial charge in [-0.2, -0.15) is 0 Å². The van der Waals surface area contributed by atoms with E-state index in [1.165, 1.54) is 59.9 Å². The third kappa shape index (κ3) is 4.84. The summed E-state index contributed by atoms with van der Waals surface area (Å²) in [6.07, 6.45) is 9.65. The SMILES string of the molecule is Cc1c(-c2c(C)c3c(c(C)c2CC(=O)O)CCN(SC2CCCCC2)C3)cc(Cl)c2c1CCCO2. The number of hydrogen-bond acceptors (Lipinski definition) is 4. The largest absolute Gasteiger partial charge is 0.492 e. The van der Waals surface area contributed by atoms with Crippen molar-refractivity contribution >= 4 is 29.5 Å². The Balaban J connectivity index is 1.61. The lowest BCUT2D eigenvalue weighted by molar-refractivity contribution is -0.136. The lowest BCUT2D eigenvalue weighted by Crippen LogP contribution is -2.30. The fraction of sp³-hybridized carbons (Fsp3) is 0.552. The molecule has 1 fully saturated rings. The maximum atomic E-state index is 12.0. The van der Waals surface area contributed by atoms with Crippen molar-refractivity contribution in [2.24, 2.45) is 0 Å². The highest BCUT2D eigenvalue weighted by molar-refractivity contribution is 7.97. The number of benzene rings is 2. The third-order valence-electron chi connectivity index (χ3n) is 8.23. The molecule has 2 heterocycles. The topological polar surface area (TPSA) is 49.8 Å². The van der Waals surface area contributed by atoms with Crippen molar-refractivity contribution in [1.29, 1.82) is 0 Å². The van der Waals surface area contributed by atoms with Gasteiger partial charge in [-0.25, -0.2) is 4.31 Å². The molecule has 2 aliphatic heterocycles. The Hall–Kier alpha value is -1.69. The number of carboxylic acid groups (broad SMARTS) is 1. The highest BCUT2D eigenvalue weighted by Gasteiger charge is 2.30. The molecule has 5 rings (SSSR count). The number of carboxylic acids is 1. The first-order valence-electron chi connectivity index (χ1n) is 13.1. The molecule has 0 amide bonds. The van der Waals surface area contributed by atoms with E-state index < -0.39 is 5.97 Å². The first kappa shape index (κ1) is 25.0. The Morgan fingerprint density at radius 1 is 1.06 bits per heavy atom. The number of aliphatic carboxylic acids is 1. The van der Waals surface area contributed by atoms with E-state index in [0.29, 0.717) is 11.6 Å². The average Bonchev–Trinajstić information content (AvgIpc) is 2.85. The Labute approximate surface area is 218 Å². The van der Waals surface area contributed by atoms with Crippen LogP contribution in [0.2, 0.25) is 5.02 Å². The van der Waals surface area contributed by atoms with Crippen LogP contribution in [0, 0.1) is 20.8 Å². The number of fused-ring (bicyclic) bond motifs is 2. The maximum absolute atomic E-state index is 12.0. The summed E-state index contributed by atoms with van der Waals surface area (Å²) in [6, 6.07) is 2.01. The van der Waals surface area contributed by atoms with Crippen molar-refractivity contribution < 1.29 is 14.6 Å². The molecular formula is C29H36ClNO3S. The van der Waals surface area contributed by atoms with Gasteiger partial charge < -0.3 is 9.84 Å². The second-order valence-electron chi connectivity index (χ2n) is 10.4. The number of ether oxygens (including phenoxy) is 1. The minimum absolute atomic E-state index is 0.0282. The van der Waals surface area contributed by atoms with Crippen LogP contribution in [0.15, 0.2) is 6.07 Å². The van der Waals surface area contributed by atoms with Crippen LogP contribution in [0.4, 0.5) is 0 Å². The molecule has 188 valence electrons. The van der Waals surface area contributed by atoms with Crippen LogP contribution in [0.1, 0.15) is 77.5 Å². The molecule has 4 nitrogen and oxygen atoms in total. The monoisotopic (exact) mass is 513 g/mol. The van der Waals surface area contributed by atoms with Crippen molar-refractivity contribution in [2.75, 3.05) is 13.2 Å². The fourth-order valence-electron chi connectivity index (χ4n) is 6.37. The average molecular weight is 514 g/mol. The van der Waals surface area contributed by atoms with Crippen LogP contribution in [0.25, 0.3) is 11.1 Å². The lowest BCUT2D eigenvalue weighted by Gasteiger charge is -2.35. The van der Waals surface area contributed by atoms with Crippen molar-refractivity contribution in [3.63, 3.8) is 0 Å². The third-order valence-corrected chi connectivity index (χ3v) is 9.89. The van der Waals surface area contributed by atoms with Gasteiger partial charge in [0, 0.05) is 18.3 Å². The number of nitrogens with zero attached hydrogens (tertiary/aromatic N) is 1. The molecule has 0 aromatic heterocycles. The van der Waals surface area contributed by atoms with Gasteiger partial charge in [-0.05, 0) is 109 Å². The minimum Gasteiger partial charge on any atom is -0.492 e. The molecule has 1 aliphatic carbocycles. The number of rotatable bonds is 5. The predicted molar refractivity (Wildman–Crippen MR) is 145 cm³/mol. The summed E-state index contributed by atoms with van der Waals surface area (Å²) in [4.78, 5) is 12.0. The van der Waals surface area contributed by atoms with E-state index in [1.807, 2.05) is 6.07 Å². The Kier molecular flexibility index (Phi) is 7.39. The molecule has 0 bridgehead atoms. The van der Waals surface area contributed by atoms with Gasteiger partial charge in [0.2, 0.25) is 0 Å². The summed E-state index contributed by atoms with van der Waals surface area (Å²) in [6.45, 7) is 9.11. The van der Waals surface area contributed by atoms with Crippen LogP contribution < -0.4 is 4.74 Å². The molecule has 3 aliphatic rings. The minimum atomic E-state index is -0.788. The highest BCUT2D eigenvalue weighted by Crippen LogP contribution is 2.45. The molecule has 2 aromatic carbocycles. The van der Waals surface area contributed by atoms with Gasteiger partial charge in [-0.1, -0.05) is 42.8 Å². The lowest BCUT2D eigenvalue weighted by atomic mass is 9.79. The van der Waals surface area contributed by atoms with Crippen molar-refractivity contribution in [3.8, 4) is 16.9 Å². The fourth-order valence-corrected chi connectivity index (χ4v) is 8.01. The van der Waals surface area contributed by atoms with Crippen molar-refractivity contribution in [2.45, 2.75) is 90.4 Å². The quantitative estimate of drug-likeness (QED) is 0.427. The maximum Gasteiger partial charge on any atom is 0.307 e. The molecule has 1 saturated carbocycles. The number of carbonyl (C=O) groups is 1. The Morgan fingerprint density at radius 3 is 2.57 bits per heavy atom.